The fraction of sp³-hybridized carbons (Fsp3) is 0.462. The molecule has 0 spiro atoms. The van der Waals surface area contributed by atoms with E-state index < -0.39 is 10.0 Å². The number of amides is 1. The standard InChI is InChI=1S/C26H30FN3O4S2/c1-29(20-6-3-2-4-7-20)36(32,33)22-12-9-18(10-13-22)25(31)30(17-21-8-5-15-34-21)26-28-23-14-11-19(27)16-24(23)35-26/h9-14,16,20-21H,2-8,15,17H2,1H3. The van der Waals surface area contributed by atoms with Crippen LogP contribution in [0.5, 0.6) is 0 Å². The van der Waals surface area contributed by atoms with Crippen LogP contribution in [0.15, 0.2) is 47.4 Å². The Balaban J connectivity index is 1.41. The van der Waals surface area contributed by atoms with E-state index in [0.29, 0.717) is 34.1 Å². The number of halogens is 1. The molecule has 10 heteroatoms. The molecule has 1 aliphatic heterocycles. The van der Waals surface area contributed by atoms with Crippen molar-refractivity contribution >= 4 is 42.6 Å². The first-order chi connectivity index (χ1) is 17.3. The molecule has 1 saturated heterocycles. The van der Waals surface area contributed by atoms with E-state index in [1.165, 1.54) is 39.9 Å². The molecule has 0 bridgehead atoms. The summed E-state index contributed by atoms with van der Waals surface area (Å²) in [5, 5.41) is 0.463. The summed E-state index contributed by atoms with van der Waals surface area (Å²) in [6.07, 6.45) is 6.63. The molecule has 36 heavy (non-hydrogen) atoms. The number of aromatic nitrogens is 1. The van der Waals surface area contributed by atoms with Crippen molar-refractivity contribution in [2.45, 2.75) is 62.0 Å². The molecule has 2 fully saturated rings. The van der Waals surface area contributed by atoms with E-state index in [2.05, 4.69) is 4.98 Å². The van der Waals surface area contributed by atoms with Crippen LogP contribution in [0.1, 0.15) is 55.3 Å². The molecule has 0 radical (unpaired) electrons. The molecule has 2 aliphatic rings. The molecule has 1 aromatic heterocycles. The third-order valence-electron chi connectivity index (χ3n) is 7.09. The van der Waals surface area contributed by atoms with Crippen LogP contribution in [0.25, 0.3) is 10.2 Å². The maximum Gasteiger partial charge on any atom is 0.260 e. The highest BCUT2D eigenvalue weighted by Gasteiger charge is 2.30. The van der Waals surface area contributed by atoms with Crippen LogP contribution in [-0.4, -0.2) is 56.0 Å². The number of sulfonamides is 1. The summed E-state index contributed by atoms with van der Waals surface area (Å²) >= 11 is 1.25. The molecule has 0 N–H and O–H groups in total. The van der Waals surface area contributed by atoms with Gasteiger partial charge < -0.3 is 4.74 Å². The summed E-state index contributed by atoms with van der Waals surface area (Å²) in [5.41, 5.74) is 0.978. The molecule has 7 nitrogen and oxygen atoms in total. The smallest absolute Gasteiger partial charge is 0.260 e. The Labute approximate surface area is 214 Å². The Morgan fingerprint density at radius 3 is 2.53 bits per heavy atom. The van der Waals surface area contributed by atoms with Crippen molar-refractivity contribution in [2.75, 3.05) is 25.1 Å². The van der Waals surface area contributed by atoms with E-state index in [4.69, 9.17) is 4.74 Å². The highest BCUT2D eigenvalue weighted by atomic mass is 32.2. The van der Waals surface area contributed by atoms with Crippen molar-refractivity contribution in [3.8, 4) is 0 Å². The minimum Gasteiger partial charge on any atom is -0.376 e. The van der Waals surface area contributed by atoms with Gasteiger partial charge in [-0.05, 0) is 68.1 Å². The number of anilines is 1. The molecular formula is C26H30FN3O4S2. The highest BCUT2D eigenvalue weighted by molar-refractivity contribution is 7.89. The first-order valence-electron chi connectivity index (χ1n) is 12.4. The minimum atomic E-state index is -3.65. The number of thiazole rings is 1. The van der Waals surface area contributed by atoms with Gasteiger partial charge in [0, 0.05) is 25.3 Å². The fourth-order valence-corrected chi connectivity index (χ4v) is 7.39. The van der Waals surface area contributed by atoms with Gasteiger partial charge in [-0.2, -0.15) is 4.31 Å². The van der Waals surface area contributed by atoms with E-state index in [0.717, 1.165) is 44.9 Å². The molecule has 192 valence electrons. The third kappa shape index (κ3) is 5.18. The summed E-state index contributed by atoms with van der Waals surface area (Å²) in [4.78, 5) is 19.9. The van der Waals surface area contributed by atoms with Gasteiger partial charge in [-0.1, -0.05) is 30.6 Å². The molecule has 1 atom stereocenters. The van der Waals surface area contributed by atoms with Crippen LogP contribution in [0, 0.1) is 5.82 Å². The summed E-state index contributed by atoms with van der Waals surface area (Å²) in [6.45, 7) is 0.977. The molecule has 3 aromatic rings. The average molecular weight is 532 g/mol. The molecule has 1 unspecified atom stereocenters. The van der Waals surface area contributed by atoms with Gasteiger partial charge in [0.2, 0.25) is 10.0 Å². The zero-order valence-electron chi connectivity index (χ0n) is 20.2. The average Bonchev–Trinajstić information content (AvgIpc) is 3.56. The van der Waals surface area contributed by atoms with E-state index in [-0.39, 0.29) is 28.8 Å². The van der Waals surface area contributed by atoms with Crippen molar-refractivity contribution in [1.82, 2.24) is 9.29 Å². The van der Waals surface area contributed by atoms with Gasteiger partial charge in [0.25, 0.3) is 5.91 Å². The van der Waals surface area contributed by atoms with Gasteiger partial charge in [-0.3, -0.25) is 9.69 Å². The van der Waals surface area contributed by atoms with Crippen molar-refractivity contribution < 1.29 is 22.3 Å². The van der Waals surface area contributed by atoms with Gasteiger partial charge in [-0.15, -0.1) is 0 Å². The number of ether oxygens (including phenoxy) is 1. The van der Waals surface area contributed by atoms with Gasteiger partial charge in [-0.25, -0.2) is 17.8 Å². The Morgan fingerprint density at radius 1 is 1.08 bits per heavy atom. The Kier molecular flexibility index (Phi) is 7.39. The predicted molar refractivity (Wildman–Crippen MR) is 138 cm³/mol. The van der Waals surface area contributed by atoms with E-state index >= 15 is 0 Å². The van der Waals surface area contributed by atoms with E-state index in [1.807, 2.05) is 0 Å². The Hall–Kier alpha value is -2.40. The number of carbonyl (C=O) groups excluding carboxylic acids is 1. The van der Waals surface area contributed by atoms with Crippen molar-refractivity contribution in [2.24, 2.45) is 0 Å². The van der Waals surface area contributed by atoms with Crippen LogP contribution in [0.3, 0.4) is 0 Å². The van der Waals surface area contributed by atoms with Gasteiger partial charge >= 0.3 is 0 Å². The second-order valence-electron chi connectivity index (χ2n) is 9.50. The lowest BCUT2D eigenvalue weighted by Crippen LogP contribution is -2.38. The first-order valence-corrected chi connectivity index (χ1v) is 14.7. The summed E-state index contributed by atoms with van der Waals surface area (Å²) in [7, 11) is -2.01. The van der Waals surface area contributed by atoms with Crippen LogP contribution in [0.4, 0.5) is 9.52 Å². The summed E-state index contributed by atoms with van der Waals surface area (Å²) in [5.74, 6) is -0.653. The molecular weight excluding hydrogens is 501 g/mol. The van der Waals surface area contributed by atoms with Crippen molar-refractivity contribution in [3.63, 3.8) is 0 Å². The topological polar surface area (TPSA) is 79.8 Å². The number of hydrogen-bond donors (Lipinski definition) is 0. The number of hydrogen-bond acceptors (Lipinski definition) is 6. The molecule has 2 heterocycles. The summed E-state index contributed by atoms with van der Waals surface area (Å²) in [6, 6.07) is 10.5. The van der Waals surface area contributed by atoms with Crippen LogP contribution < -0.4 is 4.90 Å². The largest absolute Gasteiger partial charge is 0.376 e. The lowest BCUT2D eigenvalue weighted by molar-refractivity contribution is 0.0917. The molecule has 2 aromatic carbocycles. The molecule has 1 saturated carbocycles. The quantitative estimate of drug-likeness (QED) is 0.418. The first kappa shape index (κ1) is 25.3. The molecule has 1 aliphatic carbocycles. The second-order valence-corrected chi connectivity index (χ2v) is 12.5. The predicted octanol–water partition coefficient (Wildman–Crippen LogP) is 5.21. The number of rotatable bonds is 7. The Morgan fingerprint density at radius 2 is 1.83 bits per heavy atom. The molecule has 1 amide bonds. The van der Waals surface area contributed by atoms with E-state index in [9.17, 15) is 17.6 Å². The van der Waals surface area contributed by atoms with Crippen LogP contribution in [0.2, 0.25) is 0 Å². The lowest BCUT2D eigenvalue weighted by Gasteiger charge is -2.30. The SMILES string of the molecule is CN(C1CCCCC1)S(=O)(=O)c1ccc(C(=O)N(CC2CCCO2)c2nc3ccc(F)cc3s2)cc1. The van der Waals surface area contributed by atoms with E-state index in [1.54, 1.807) is 30.1 Å². The van der Waals surface area contributed by atoms with Crippen LogP contribution >= 0.6 is 11.3 Å². The highest BCUT2D eigenvalue weighted by Crippen LogP contribution is 2.32. The fourth-order valence-electron chi connectivity index (χ4n) is 4.97. The summed E-state index contributed by atoms with van der Waals surface area (Å²) < 4.78 is 48.0. The number of nitrogens with zero attached hydrogens (tertiary/aromatic N) is 3. The van der Waals surface area contributed by atoms with Gasteiger partial charge in [0.15, 0.2) is 5.13 Å². The molecule has 5 rings (SSSR count). The monoisotopic (exact) mass is 531 g/mol. The third-order valence-corrected chi connectivity index (χ3v) is 10.1. The lowest BCUT2D eigenvalue weighted by atomic mass is 9.96. The van der Waals surface area contributed by atoms with Crippen LogP contribution in [-0.2, 0) is 14.8 Å². The zero-order valence-corrected chi connectivity index (χ0v) is 21.9. The number of carbonyl (C=O) groups is 1. The maximum atomic E-state index is 13.7. The van der Waals surface area contributed by atoms with Crippen molar-refractivity contribution in [1.29, 1.82) is 0 Å². The zero-order chi connectivity index (χ0) is 25.3. The Bertz CT molecular complexity index is 1330. The normalized spacial score (nSPS) is 19.2. The van der Waals surface area contributed by atoms with Gasteiger partial charge in [0.1, 0.15) is 5.82 Å². The minimum absolute atomic E-state index is 0.0100. The number of fused-ring (bicyclic) bond motifs is 1. The second kappa shape index (κ2) is 10.5. The van der Waals surface area contributed by atoms with Gasteiger partial charge in [0.05, 0.1) is 27.8 Å². The maximum absolute atomic E-state index is 13.7. The number of benzene rings is 2. The van der Waals surface area contributed by atoms with Crippen molar-refractivity contribution in [3.05, 3.63) is 53.8 Å².